The number of fused-ring (bicyclic) bond motifs is 2. The smallest absolute Gasteiger partial charge is 0.317 e. The molecule has 1 unspecified atom stereocenters. The van der Waals surface area contributed by atoms with Crippen LogP contribution in [0.1, 0.15) is 37.3 Å². The van der Waals surface area contributed by atoms with E-state index >= 15 is 0 Å². The maximum atomic E-state index is 12.6. The standard InChI is InChI=1S/C20H26BrClN4O/c1-4-26(5-2)20(27)23-12-8-13-14-6-11(22)7-16-18(14)15(19(21)24-16)9-17(13)25(3)10-12/h6-7,12-13,17,24H,4-5,8-10H2,1-3H3,(H,23,27)/t12-,13?,17+/m0/s1. The monoisotopic (exact) mass is 452 g/mol. The van der Waals surface area contributed by atoms with Crippen molar-refractivity contribution in [2.24, 2.45) is 0 Å². The Balaban J connectivity index is 1.66. The Bertz CT molecular complexity index is 878. The Labute approximate surface area is 173 Å². The molecule has 1 aromatic heterocycles. The van der Waals surface area contributed by atoms with E-state index in [0.29, 0.717) is 12.0 Å². The van der Waals surface area contributed by atoms with Crippen molar-refractivity contribution in [3.8, 4) is 0 Å². The molecule has 2 N–H and O–H groups in total. The van der Waals surface area contributed by atoms with E-state index in [1.54, 1.807) is 0 Å². The molecule has 1 fully saturated rings. The van der Waals surface area contributed by atoms with Gasteiger partial charge in [-0.1, -0.05) is 11.6 Å². The van der Waals surface area contributed by atoms with Gasteiger partial charge in [-0.25, -0.2) is 4.79 Å². The van der Waals surface area contributed by atoms with E-state index in [1.165, 1.54) is 16.5 Å². The molecule has 0 saturated carbocycles. The van der Waals surface area contributed by atoms with Gasteiger partial charge in [0, 0.05) is 53.6 Å². The van der Waals surface area contributed by atoms with Crippen molar-refractivity contribution in [1.29, 1.82) is 0 Å². The van der Waals surface area contributed by atoms with E-state index in [9.17, 15) is 4.79 Å². The molecule has 2 amide bonds. The Kier molecular flexibility index (Phi) is 5.16. The van der Waals surface area contributed by atoms with Crippen LogP contribution in [0.5, 0.6) is 0 Å². The van der Waals surface area contributed by atoms with E-state index < -0.39 is 0 Å². The van der Waals surface area contributed by atoms with Crippen LogP contribution in [0.15, 0.2) is 16.7 Å². The van der Waals surface area contributed by atoms with Crippen LogP contribution >= 0.6 is 27.5 Å². The number of piperidine rings is 1. The molecule has 0 bridgehead atoms. The first-order valence-electron chi connectivity index (χ1n) is 9.68. The van der Waals surface area contributed by atoms with Crippen LogP contribution in [-0.4, -0.2) is 59.6 Å². The number of rotatable bonds is 3. The summed E-state index contributed by atoms with van der Waals surface area (Å²) < 4.78 is 1.06. The zero-order chi connectivity index (χ0) is 19.3. The quantitative estimate of drug-likeness (QED) is 0.726. The molecular formula is C20H26BrClN4O. The van der Waals surface area contributed by atoms with Crippen molar-refractivity contribution in [2.45, 2.75) is 44.7 Å². The fraction of sp³-hybridized carbons (Fsp3) is 0.550. The molecule has 1 saturated heterocycles. The number of halogens is 2. The lowest BCUT2D eigenvalue weighted by molar-refractivity contribution is 0.124. The lowest BCUT2D eigenvalue weighted by Gasteiger charge is -2.46. The molecule has 3 atom stereocenters. The van der Waals surface area contributed by atoms with Crippen molar-refractivity contribution in [3.05, 3.63) is 32.9 Å². The number of urea groups is 1. The summed E-state index contributed by atoms with van der Waals surface area (Å²) in [6.45, 7) is 6.36. The summed E-state index contributed by atoms with van der Waals surface area (Å²) in [5.41, 5.74) is 3.74. The van der Waals surface area contributed by atoms with E-state index in [1.807, 2.05) is 24.8 Å². The number of hydrogen-bond donors (Lipinski definition) is 2. The predicted octanol–water partition coefficient (Wildman–Crippen LogP) is 4.35. The number of benzene rings is 1. The molecule has 1 aliphatic heterocycles. The fourth-order valence-corrected chi connectivity index (χ4v) is 5.70. The number of aromatic amines is 1. The molecule has 7 heteroatoms. The molecular weight excluding hydrogens is 428 g/mol. The number of amides is 2. The molecule has 0 spiro atoms. The molecule has 1 aliphatic carbocycles. The molecule has 27 heavy (non-hydrogen) atoms. The highest BCUT2D eigenvalue weighted by molar-refractivity contribution is 9.10. The van der Waals surface area contributed by atoms with E-state index in [-0.39, 0.29) is 12.1 Å². The molecule has 1 aromatic carbocycles. The third-order valence-corrected chi connectivity index (χ3v) is 7.11. The normalized spacial score (nSPS) is 24.7. The van der Waals surface area contributed by atoms with Crippen molar-refractivity contribution in [3.63, 3.8) is 0 Å². The van der Waals surface area contributed by atoms with Crippen LogP contribution in [0, 0.1) is 0 Å². The van der Waals surface area contributed by atoms with Crippen LogP contribution < -0.4 is 5.32 Å². The SMILES string of the molecule is CCN(CC)C(=O)N[C@H]1CC2c3cc(Cl)cc4[nH]c(Br)c(c34)C[C@H]2N(C)C1. The first kappa shape index (κ1) is 19.1. The number of nitrogens with one attached hydrogen (secondary N) is 2. The van der Waals surface area contributed by atoms with Gasteiger partial charge in [0.25, 0.3) is 0 Å². The molecule has 2 aromatic rings. The summed E-state index contributed by atoms with van der Waals surface area (Å²) in [7, 11) is 2.17. The summed E-state index contributed by atoms with van der Waals surface area (Å²) in [4.78, 5) is 20.2. The van der Waals surface area contributed by atoms with Crippen LogP contribution in [0.2, 0.25) is 5.02 Å². The number of carbonyl (C=O) groups excluding carboxylic acids is 1. The average molecular weight is 454 g/mol. The Morgan fingerprint density at radius 1 is 1.41 bits per heavy atom. The molecule has 146 valence electrons. The minimum atomic E-state index is 0.0361. The lowest BCUT2D eigenvalue weighted by Crippen LogP contribution is -2.56. The Morgan fingerprint density at radius 3 is 2.85 bits per heavy atom. The highest BCUT2D eigenvalue weighted by Gasteiger charge is 2.41. The summed E-state index contributed by atoms with van der Waals surface area (Å²) >= 11 is 10.1. The van der Waals surface area contributed by atoms with Crippen molar-refractivity contribution in [1.82, 2.24) is 20.1 Å². The van der Waals surface area contributed by atoms with E-state index in [4.69, 9.17) is 11.6 Å². The topological polar surface area (TPSA) is 51.4 Å². The average Bonchev–Trinajstić information content (AvgIpc) is 2.93. The summed E-state index contributed by atoms with van der Waals surface area (Å²) in [6.07, 6.45) is 1.95. The van der Waals surface area contributed by atoms with Crippen molar-refractivity contribution >= 4 is 44.5 Å². The van der Waals surface area contributed by atoms with Crippen molar-refractivity contribution in [2.75, 3.05) is 26.7 Å². The largest absolute Gasteiger partial charge is 0.349 e. The second-order valence-electron chi connectivity index (χ2n) is 7.71. The number of carbonyl (C=O) groups is 1. The maximum absolute atomic E-state index is 12.6. The van der Waals surface area contributed by atoms with Gasteiger partial charge in [0.15, 0.2) is 0 Å². The third-order valence-electron chi connectivity index (χ3n) is 6.21. The van der Waals surface area contributed by atoms with Gasteiger partial charge in [0.05, 0.1) is 4.60 Å². The zero-order valence-electron chi connectivity index (χ0n) is 16.0. The highest BCUT2D eigenvalue weighted by Crippen LogP contribution is 2.46. The first-order chi connectivity index (χ1) is 12.9. The van der Waals surface area contributed by atoms with Gasteiger partial charge in [-0.15, -0.1) is 0 Å². The molecule has 5 nitrogen and oxygen atoms in total. The Hall–Kier alpha value is -1.24. The van der Waals surface area contributed by atoms with Gasteiger partial charge in [-0.05, 0) is 72.9 Å². The van der Waals surface area contributed by atoms with Gasteiger partial charge in [-0.3, -0.25) is 0 Å². The van der Waals surface area contributed by atoms with E-state index in [0.717, 1.165) is 47.6 Å². The number of aromatic nitrogens is 1. The number of H-pyrrole nitrogens is 1. The maximum Gasteiger partial charge on any atom is 0.317 e. The summed E-state index contributed by atoms with van der Waals surface area (Å²) in [6, 6.07) is 4.72. The van der Waals surface area contributed by atoms with Gasteiger partial charge in [0.2, 0.25) is 0 Å². The van der Waals surface area contributed by atoms with Gasteiger partial charge in [0.1, 0.15) is 0 Å². The zero-order valence-corrected chi connectivity index (χ0v) is 18.3. The van der Waals surface area contributed by atoms with Crippen LogP contribution in [0.25, 0.3) is 10.9 Å². The van der Waals surface area contributed by atoms with Crippen LogP contribution in [-0.2, 0) is 6.42 Å². The molecule has 2 heterocycles. The van der Waals surface area contributed by atoms with Crippen LogP contribution in [0.3, 0.4) is 0 Å². The van der Waals surface area contributed by atoms with Gasteiger partial charge >= 0.3 is 6.03 Å². The lowest BCUT2D eigenvalue weighted by atomic mass is 9.74. The van der Waals surface area contributed by atoms with Crippen LogP contribution in [0.4, 0.5) is 4.79 Å². The number of hydrogen-bond acceptors (Lipinski definition) is 2. The van der Waals surface area contributed by atoms with Gasteiger partial charge < -0.3 is 20.1 Å². The first-order valence-corrected chi connectivity index (χ1v) is 10.8. The minimum absolute atomic E-state index is 0.0361. The highest BCUT2D eigenvalue weighted by atomic mass is 79.9. The number of likely N-dealkylation sites (N-methyl/N-ethyl adjacent to an activating group) is 1. The third kappa shape index (κ3) is 3.26. The number of nitrogens with zero attached hydrogens (tertiary/aromatic N) is 2. The summed E-state index contributed by atoms with van der Waals surface area (Å²) in [5, 5.41) is 5.32. The predicted molar refractivity (Wildman–Crippen MR) is 114 cm³/mol. The number of likely N-dealkylation sites (tertiary alicyclic amines) is 1. The van der Waals surface area contributed by atoms with E-state index in [2.05, 4.69) is 44.2 Å². The second kappa shape index (κ2) is 7.30. The van der Waals surface area contributed by atoms with Gasteiger partial charge in [-0.2, -0.15) is 0 Å². The summed E-state index contributed by atoms with van der Waals surface area (Å²) in [5.74, 6) is 0.363. The Morgan fingerprint density at radius 2 is 2.15 bits per heavy atom. The molecule has 0 radical (unpaired) electrons. The molecule has 2 aliphatic rings. The minimum Gasteiger partial charge on any atom is -0.349 e. The fourth-order valence-electron chi connectivity index (χ4n) is 4.90. The second-order valence-corrected chi connectivity index (χ2v) is 8.94. The molecule has 4 rings (SSSR count). The van der Waals surface area contributed by atoms with Crippen molar-refractivity contribution < 1.29 is 4.79 Å².